The average molecular weight is 398 g/mol. The summed E-state index contributed by atoms with van der Waals surface area (Å²) in [5, 5.41) is 10.7. The summed E-state index contributed by atoms with van der Waals surface area (Å²) in [6.07, 6.45) is 2.89. The number of carbonyl (C=O) groups excluding carboxylic acids is 2. The number of ether oxygens (including phenoxy) is 1. The van der Waals surface area contributed by atoms with Crippen molar-refractivity contribution < 1.29 is 19.2 Å². The Bertz CT molecular complexity index is 943. The molecule has 0 radical (unpaired) electrons. The van der Waals surface area contributed by atoms with Crippen LogP contribution in [0.15, 0.2) is 53.4 Å². The van der Waals surface area contributed by atoms with Gasteiger partial charge in [-0.25, -0.2) is 0 Å². The minimum Gasteiger partial charge on any atom is -0.496 e. The molecule has 7 nitrogen and oxygen atoms in total. The van der Waals surface area contributed by atoms with Gasteiger partial charge in [0.25, 0.3) is 16.8 Å². The lowest BCUT2D eigenvalue weighted by Gasteiger charge is -2.12. The third-order valence-corrected chi connectivity index (χ3v) is 5.18. The Morgan fingerprint density at radius 1 is 1.18 bits per heavy atom. The van der Waals surface area contributed by atoms with Crippen molar-refractivity contribution in [2.24, 2.45) is 0 Å². The van der Waals surface area contributed by atoms with E-state index in [1.165, 1.54) is 36.3 Å². The highest BCUT2D eigenvalue weighted by Crippen LogP contribution is 2.35. The van der Waals surface area contributed by atoms with Crippen molar-refractivity contribution in [3.63, 3.8) is 0 Å². The van der Waals surface area contributed by atoms with Gasteiger partial charge in [0, 0.05) is 24.2 Å². The standard InChI is InChI=1S/C20H18N2O5S/c1-27-17-10-9-16(22(25)26)12-15(17)13-18-19(23)21(20(24)28-18)11-5-8-14-6-3-2-4-7-14/h2-4,6-7,9-10,12-13H,5,8,11H2,1H3/b18-13+. The normalized spacial score (nSPS) is 15.3. The Morgan fingerprint density at radius 2 is 1.93 bits per heavy atom. The van der Waals surface area contributed by atoms with E-state index in [0.717, 1.165) is 23.7 Å². The third kappa shape index (κ3) is 4.40. The van der Waals surface area contributed by atoms with Crippen LogP contribution >= 0.6 is 11.8 Å². The molecular weight excluding hydrogens is 380 g/mol. The summed E-state index contributed by atoms with van der Waals surface area (Å²) in [4.78, 5) is 36.8. The van der Waals surface area contributed by atoms with Crippen molar-refractivity contribution in [1.29, 1.82) is 0 Å². The Labute approximate surface area is 166 Å². The SMILES string of the molecule is COc1ccc([N+](=O)[O-])cc1/C=C1/SC(=O)N(CCCc2ccccc2)C1=O. The predicted octanol–water partition coefficient (Wildman–Crippen LogP) is 4.27. The second kappa shape index (κ2) is 8.71. The van der Waals surface area contributed by atoms with Crippen LogP contribution in [0.4, 0.5) is 10.5 Å². The van der Waals surface area contributed by atoms with Crippen molar-refractivity contribution >= 4 is 34.7 Å². The quantitative estimate of drug-likeness (QED) is 0.393. The number of carbonyl (C=O) groups is 2. The summed E-state index contributed by atoms with van der Waals surface area (Å²) in [6.45, 7) is 0.322. The molecule has 0 N–H and O–H groups in total. The van der Waals surface area contributed by atoms with E-state index in [4.69, 9.17) is 4.74 Å². The van der Waals surface area contributed by atoms with Crippen LogP contribution in [0.1, 0.15) is 17.5 Å². The van der Waals surface area contributed by atoms with Gasteiger partial charge in [-0.05, 0) is 42.3 Å². The molecule has 0 aliphatic carbocycles. The van der Waals surface area contributed by atoms with Crippen LogP contribution in [0.2, 0.25) is 0 Å². The Balaban J connectivity index is 1.74. The number of aryl methyl sites for hydroxylation is 1. The van der Waals surface area contributed by atoms with Gasteiger partial charge in [-0.15, -0.1) is 0 Å². The molecular formula is C20H18N2O5S. The average Bonchev–Trinajstić information content (AvgIpc) is 2.96. The second-order valence-electron chi connectivity index (χ2n) is 6.11. The molecule has 1 aliphatic heterocycles. The molecule has 3 rings (SSSR count). The molecule has 2 aromatic rings. The third-order valence-electron chi connectivity index (χ3n) is 4.27. The maximum Gasteiger partial charge on any atom is 0.293 e. The summed E-state index contributed by atoms with van der Waals surface area (Å²) in [7, 11) is 1.44. The van der Waals surface area contributed by atoms with E-state index in [9.17, 15) is 19.7 Å². The summed E-state index contributed by atoms with van der Waals surface area (Å²) in [5.74, 6) is -0.00176. The maximum atomic E-state index is 12.6. The fraction of sp³-hybridized carbons (Fsp3) is 0.200. The van der Waals surface area contributed by atoms with E-state index in [1.807, 2.05) is 30.3 Å². The lowest BCUT2D eigenvalue weighted by Crippen LogP contribution is -2.29. The highest BCUT2D eigenvalue weighted by Gasteiger charge is 2.34. The Kier molecular flexibility index (Phi) is 6.10. The first-order valence-corrected chi connectivity index (χ1v) is 9.43. The van der Waals surface area contributed by atoms with Gasteiger partial charge in [0.2, 0.25) is 0 Å². The molecule has 8 heteroatoms. The van der Waals surface area contributed by atoms with E-state index in [2.05, 4.69) is 0 Å². The van der Waals surface area contributed by atoms with Crippen molar-refractivity contribution in [1.82, 2.24) is 4.90 Å². The zero-order valence-corrected chi connectivity index (χ0v) is 16.0. The van der Waals surface area contributed by atoms with E-state index < -0.39 is 10.8 Å². The van der Waals surface area contributed by atoms with E-state index in [0.29, 0.717) is 24.3 Å². The number of amides is 2. The first kappa shape index (κ1) is 19.6. The molecule has 144 valence electrons. The van der Waals surface area contributed by atoms with Crippen LogP contribution in [-0.4, -0.2) is 34.6 Å². The van der Waals surface area contributed by atoms with Crippen LogP contribution < -0.4 is 4.74 Å². The van der Waals surface area contributed by atoms with Crippen LogP contribution in [0.5, 0.6) is 5.75 Å². The Morgan fingerprint density at radius 3 is 2.61 bits per heavy atom. The highest BCUT2D eigenvalue weighted by atomic mass is 32.2. The van der Waals surface area contributed by atoms with E-state index >= 15 is 0 Å². The molecule has 0 bridgehead atoms. The number of thioether (sulfide) groups is 1. The van der Waals surface area contributed by atoms with Gasteiger partial charge in [0.15, 0.2) is 0 Å². The molecule has 2 aromatic carbocycles. The number of hydrogen-bond donors (Lipinski definition) is 0. The number of rotatable bonds is 7. The number of methoxy groups -OCH3 is 1. The van der Waals surface area contributed by atoms with Crippen molar-refractivity contribution in [2.45, 2.75) is 12.8 Å². The van der Waals surface area contributed by atoms with E-state index in [-0.39, 0.29) is 15.8 Å². The molecule has 1 saturated heterocycles. The molecule has 0 spiro atoms. The van der Waals surface area contributed by atoms with Gasteiger partial charge >= 0.3 is 0 Å². The molecule has 1 heterocycles. The Hall–Kier alpha value is -3.13. The first-order valence-electron chi connectivity index (χ1n) is 8.61. The molecule has 1 fully saturated rings. The molecule has 0 atom stereocenters. The molecule has 2 amide bonds. The number of nitrogens with zero attached hydrogens (tertiary/aromatic N) is 2. The maximum absolute atomic E-state index is 12.6. The van der Waals surface area contributed by atoms with Crippen molar-refractivity contribution in [3.05, 3.63) is 74.7 Å². The van der Waals surface area contributed by atoms with Crippen LogP contribution in [-0.2, 0) is 11.2 Å². The minimum absolute atomic E-state index is 0.117. The number of imide groups is 1. The number of benzene rings is 2. The van der Waals surface area contributed by atoms with Crippen molar-refractivity contribution in [2.75, 3.05) is 13.7 Å². The van der Waals surface area contributed by atoms with Gasteiger partial charge in [0.1, 0.15) is 5.75 Å². The predicted molar refractivity (Wildman–Crippen MR) is 107 cm³/mol. The number of hydrogen-bond acceptors (Lipinski definition) is 6. The summed E-state index contributed by atoms with van der Waals surface area (Å²) in [5.41, 5.74) is 1.41. The fourth-order valence-electron chi connectivity index (χ4n) is 2.87. The number of nitro benzene ring substituents is 1. The number of non-ortho nitro benzene ring substituents is 1. The molecule has 28 heavy (non-hydrogen) atoms. The highest BCUT2D eigenvalue weighted by molar-refractivity contribution is 8.18. The zero-order chi connectivity index (χ0) is 20.1. The molecule has 0 unspecified atom stereocenters. The first-order chi connectivity index (χ1) is 13.5. The van der Waals surface area contributed by atoms with Crippen LogP contribution in [0.3, 0.4) is 0 Å². The van der Waals surface area contributed by atoms with Crippen molar-refractivity contribution in [3.8, 4) is 5.75 Å². The zero-order valence-electron chi connectivity index (χ0n) is 15.2. The lowest BCUT2D eigenvalue weighted by atomic mass is 10.1. The fourth-order valence-corrected chi connectivity index (χ4v) is 3.72. The summed E-state index contributed by atoms with van der Waals surface area (Å²) >= 11 is 0.829. The van der Waals surface area contributed by atoms with Gasteiger partial charge in [-0.3, -0.25) is 24.6 Å². The smallest absolute Gasteiger partial charge is 0.293 e. The van der Waals surface area contributed by atoms with Gasteiger partial charge in [-0.2, -0.15) is 0 Å². The summed E-state index contributed by atoms with van der Waals surface area (Å²) < 4.78 is 5.21. The second-order valence-corrected chi connectivity index (χ2v) is 7.10. The van der Waals surface area contributed by atoms with Crippen LogP contribution in [0, 0.1) is 10.1 Å². The molecule has 1 aliphatic rings. The summed E-state index contributed by atoms with van der Waals surface area (Å²) in [6, 6.07) is 14.0. The lowest BCUT2D eigenvalue weighted by molar-refractivity contribution is -0.384. The van der Waals surface area contributed by atoms with Gasteiger partial charge < -0.3 is 4.74 Å². The van der Waals surface area contributed by atoms with E-state index in [1.54, 1.807) is 0 Å². The van der Waals surface area contributed by atoms with Gasteiger partial charge in [-0.1, -0.05) is 30.3 Å². The monoisotopic (exact) mass is 398 g/mol. The topological polar surface area (TPSA) is 89.8 Å². The molecule has 0 aromatic heterocycles. The van der Waals surface area contributed by atoms with Gasteiger partial charge in [0.05, 0.1) is 16.9 Å². The largest absolute Gasteiger partial charge is 0.496 e. The van der Waals surface area contributed by atoms with Crippen LogP contribution in [0.25, 0.3) is 6.08 Å². The number of nitro groups is 1. The minimum atomic E-state index is -0.522. The molecule has 0 saturated carbocycles.